The van der Waals surface area contributed by atoms with Gasteiger partial charge < -0.3 is 0 Å². The first kappa shape index (κ1) is 20.8. The lowest BCUT2D eigenvalue weighted by molar-refractivity contribution is 0.102. The highest BCUT2D eigenvalue weighted by Gasteiger charge is 2.22. The van der Waals surface area contributed by atoms with Crippen molar-refractivity contribution in [2.75, 3.05) is 5.75 Å². The summed E-state index contributed by atoms with van der Waals surface area (Å²) in [5, 5.41) is 12.2. The van der Waals surface area contributed by atoms with Crippen LogP contribution in [0.2, 0.25) is 0 Å². The number of hydrogen-bond acceptors (Lipinski definition) is 6. The minimum atomic E-state index is -0.235. The number of carbonyl (C=O) groups is 1. The Kier molecular flexibility index (Phi) is 5.60. The van der Waals surface area contributed by atoms with Crippen molar-refractivity contribution >= 4 is 17.5 Å². The van der Waals surface area contributed by atoms with E-state index in [1.807, 2.05) is 76.3 Å². The number of carbonyl (C=O) groups excluding carboxylic acids is 1. The second-order valence-electron chi connectivity index (χ2n) is 7.29. The first-order valence-corrected chi connectivity index (χ1v) is 10.7. The van der Waals surface area contributed by atoms with Crippen LogP contribution in [0.1, 0.15) is 27.2 Å². The van der Waals surface area contributed by atoms with Crippen molar-refractivity contribution in [1.82, 2.24) is 29.6 Å². The molecule has 0 radical (unpaired) electrons. The molecule has 0 amide bonds. The summed E-state index contributed by atoms with van der Waals surface area (Å²) in [4.78, 5) is 25.9. The van der Waals surface area contributed by atoms with Crippen LogP contribution in [-0.4, -0.2) is 41.1 Å². The molecule has 0 aliphatic heterocycles. The van der Waals surface area contributed by atoms with Gasteiger partial charge in [0, 0.05) is 12.6 Å². The van der Waals surface area contributed by atoms with Crippen LogP contribution in [0.15, 0.2) is 58.5 Å². The van der Waals surface area contributed by atoms with E-state index < -0.39 is 0 Å². The number of thioether (sulfide) groups is 1. The zero-order valence-electron chi connectivity index (χ0n) is 17.7. The number of aryl methyl sites for hydroxylation is 2. The summed E-state index contributed by atoms with van der Waals surface area (Å²) in [6.45, 7) is 5.83. The molecule has 0 N–H and O–H groups in total. The zero-order valence-corrected chi connectivity index (χ0v) is 18.6. The molecular formula is C22H22N6O2S. The Morgan fingerprint density at radius 1 is 1.03 bits per heavy atom. The molecule has 9 heteroatoms. The predicted molar refractivity (Wildman–Crippen MR) is 119 cm³/mol. The lowest BCUT2D eigenvalue weighted by Gasteiger charge is -2.07. The quantitative estimate of drug-likeness (QED) is 0.342. The fourth-order valence-electron chi connectivity index (χ4n) is 3.34. The summed E-state index contributed by atoms with van der Waals surface area (Å²) in [7, 11) is 1.81. The van der Waals surface area contributed by atoms with Crippen LogP contribution in [0.4, 0.5) is 0 Å². The minimum absolute atomic E-state index is 0.0193. The molecule has 31 heavy (non-hydrogen) atoms. The number of tetrazole rings is 1. The van der Waals surface area contributed by atoms with Gasteiger partial charge in [-0.05, 0) is 60.5 Å². The second-order valence-corrected chi connectivity index (χ2v) is 8.24. The van der Waals surface area contributed by atoms with Gasteiger partial charge in [0.25, 0.3) is 5.56 Å². The fraction of sp³-hybridized carbons (Fsp3) is 0.227. The lowest BCUT2D eigenvalue weighted by Crippen LogP contribution is -2.22. The van der Waals surface area contributed by atoms with Gasteiger partial charge in [-0.2, -0.15) is 4.68 Å². The molecule has 2 aromatic heterocycles. The summed E-state index contributed by atoms with van der Waals surface area (Å²) in [5.74, 6) is 0.149. The largest absolute Gasteiger partial charge is 0.297 e. The Hall–Kier alpha value is -3.46. The maximum atomic E-state index is 13.2. The first-order valence-electron chi connectivity index (χ1n) is 9.74. The van der Waals surface area contributed by atoms with Crippen molar-refractivity contribution < 1.29 is 4.79 Å². The van der Waals surface area contributed by atoms with Gasteiger partial charge in [0.2, 0.25) is 5.16 Å². The summed E-state index contributed by atoms with van der Waals surface area (Å²) in [6.07, 6.45) is 0. The number of ketones is 1. The summed E-state index contributed by atoms with van der Waals surface area (Å²) in [6, 6.07) is 15.0. The highest BCUT2D eigenvalue weighted by Crippen LogP contribution is 2.21. The smallest absolute Gasteiger partial charge is 0.293 e. The van der Waals surface area contributed by atoms with E-state index in [4.69, 9.17) is 0 Å². The summed E-state index contributed by atoms with van der Waals surface area (Å²) in [5.41, 5.74) is 4.44. The molecule has 0 aliphatic carbocycles. The summed E-state index contributed by atoms with van der Waals surface area (Å²) < 4.78 is 4.75. The van der Waals surface area contributed by atoms with E-state index in [9.17, 15) is 9.59 Å². The number of aromatic nitrogens is 6. The topological polar surface area (TPSA) is 87.6 Å². The third kappa shape index (κ3) is 3.84. The van der Waals surface area contributed by atoms with Crippen molar-refractivity contribution in [2.45, 2.75) is 25.9 Å². The lowest BCUT2D eigenvalue weighted by atomic mass is 10.0. The average Bonchev–Trinajstić information content (AvgIpc) is 3.30. The number of para-hydroxylation sites is 1. The zero-order chi connectivity index (χ0) is 22.1. The Balaban J connectivity index is 1.64. The first-order chi connectivity index (χ1) is 14.9. The third-order valence-electron chi connectivity index (χ3n) is 5.34. The van der Waals surface area contributed by atoms with Crippen LogP contribution in [0.25, 0.3) is 11.4 Å². The van der Waals surface area contributed by atoms with E-state index in [0.29, 0.717) is 22.1 Å². The van der Waals surface area contributed by atoms with Gasteiger partial charge in [0.15, 0.2) is 11.5 Å². The van der Waals surface area contributed by atoms with Crippen LogP contribution in [0.5, 0.6) is 0 Å². The molecule has 0 saturated carbocycles. The Bertz CT molecular complexity index is 1320. The van der Waals surface area contributed by atoms with Crippen LogP contribution in [-0.2, 0) is 7.05 Å². The normalized spacial score (nSPS) is 11.1. The predicted octanol–water partition coefficient (Wildman–Crippen LogP) is 3.05. The molecule has 0 atom stereocenters. The molecule has 0 fully saturated rings. The minimum Gasteiger partial charge on any atom is -0.293 e. The van der Waals surface area contributed by atoms with Crippen LogP contribution >= 0.6 is 11.8 Å². The van der Waals surface area contributed by atoms with E-state index in [-0.39, 0.29) is 17.1 Å². The summed E-state index contributed by atoms with van der Waals surface area (Å²) >= 11 is 1.21. The van der Waals surface area contributed by atoms with E-state index >= 15 is 0 Å². The molecule has 2 heterocycles. The maximum Gasteiger partial charge on any atom is 0.297 e. The number of benzene rings is 2. The van der Waals surface area contributed by atoms with Crippen molar-refractivity contribution in [1.29, 1.82) is 0 Å². The van der Waals surface area contributed by atoms with Crippen LogP contribution < -0.4 is 5.56 Å². The van der Waals surface area contributed by atoms with Crippen molar-refractivity contribution in [3.8, 4) is 11.4 Å². The van der Waals surface area contributed by atoms with E-state index in [1.165, 1.54) is 16.4 Å². The van der Waals surface area contributed by atoms with Gasteiger partial charge in [0.1, 0.15) is 0 Å². The molecule has 0 spiro atoms. The van der Waals surface area contributed by atoms with E-state index in [1.54, 1.807) is 9.36 Å². The van der Waals surface area contributed by atoms with Crippen molar-refractivity contribution in [3.63, 3.8) is 0 Å². The van der Waals surface area contributed by atoms with E-state index in [0.717, 1.165) is 16.8 Å². The van der Waals surface area contributed by atoms with E-state index in [2.05, 4.69) is 15.5 Å². The number of hydrogen-bond donors (Lipinski definition) is 0. The van der Waals surface area contributed by atoms with Crippen LogP contribution in [0.3, 0.4) is 0 Å². The Labute approximate surface area is 183 Å². The molecule has 4 rings (SSSR count). The Morgan fingerprint density at radius 2 is 1.77 bits per heavy atom. The van der Waals surface area contributed by atoms with Gasteiger partial charge in [0.05, 0.1) is 17.1 Å². The van der Waals surface area contributed by atoms with Gasteiger partial charge in [-0.3, -0.25) is 14.3 Å². The molecule has 0 bridgehead atoms. The molecule has 0 saturated heterocycles. The molecule has 2 aromatic carbocycles. The van der Waals surface area contributed by atoms with Crippen molar-refractivity contribution in [2.24, 2.45) is 7.05 Å². The van der Waals surface area contributed by atoms with Gasteiger partial charge in [-0.25, -0.2) is 4.68 Å². The highest BCUT2D eigenvalue weighted by atomic mass is 32.2. The van der Waals surface area contributed by atoms with Crippen LogP contribution in [0, 0.1) is 20.8 Å². The van der Waals surface area contributed by atoms with Gasteiger partial charge in [-0.1, -0.05) is 42.1 Å². The molecule has 4 aromatic rings. The third-order valence-corrected chi connectivity index (χ3v) is 6.26. The molecular weight excluding hydrogens is 412 g/mol. The Morgan fingerprint density at radius 3 is 2.48 bits per heavy atom. The number of nitrogens with zero attached hydrogens (tertiary/aromatic N) is 6. The highest BCUT2D eigenvalue weighted by molar-refractivity contribution is 7.99. The average molecular weight is 435 g/mol. The van der Waals surface area contributed by atoms with Gasteiger partial charge >= 0.3 is 0 Å². The monoisotopic (exact) mass is 434 g/mol. The van der Waals surface area contributed by atoms with Crippen molar-refractivity contribution in [3.05, 3.63) is 81.3 Å². The fourth-order valence-corrected chi connectivity index (χ4v) is 4.11. The molecule has 0 aliphatic rings. The SMILES string of the molecule is Cc1ccc(C(=O)CSc2nnnn2-c2c(C)n(C)n(-c3ccccc3)c2=O)cc1C. The molecule has 158 valence electrons. The maximum absolute atomic E-state index is 13.2. The van der Waals surface area contributed by atoms with Gasteiger partial charge in [-0.15, -0.1) is 5.10 Å². The second kappa shape index (κ2) is 8.35. The molecule has 0 unspecified atom stereocenters. The standard InChI is InChI=1S/C22H22N6O2S/c1-14-10-11-17(12-15(14)2)19(29)13-31-22-23-24-25-27(22)20-16(3)26(4)28(21(20)30)18-8-6-5-7-9-18/h5-12H,13H2,1-4H3. The molecule has 8 nitrogen and oxygen atoms in total. The number of rotatable bonds is 6. The number of Topliss-reactive ketones (excluding diaryl/α,β-unsaturated/α-hetero) is 1.